The number of pyridine rings is 1. The predicted molar refractivity (Wildman–Crippen MR) is 81.7 cm³/mol. The van der Waals surface area contributed by atoms with E-state index in [-0.39, 0.29) is 0 Å². The molecule has 0 spiro atoms. The Morgan fingerprint density at radius 2 is 1.58 bits per heavy atom. The number of hydrogen-bond acceptors (Lipinski definition) is 1. The second-order valence-corrected chi connectivity index (χ2v) is 5.35. The van der Waals surface area contributed by atoms with Crippen molar-refractivity contribution in [1.82, 2.24) is 4.98 Å². The van der Waals surface area contributed by atoms with Crippen LogP contribution in [0.25, 0.3) is 22.2 Å². The number of aryl methyl sites for hydroxylation is 2. The lowest BCUT2D eigenvalue weighted by molar-refractivity contribution is 1.34. The summed E-state index contributed by atoms with van der Waals surface area (Å²) in [7, 11) is 0. The van der Waals surface area contributed by atoms with Crippen molar-refractivity contribution >= 4 is 22.5 Å². The van der Waals surface area contributed by atoms with Gasteiger partial charge in [-0.1, -0.05) is 34.9 Å². The number of aromatic nitrogens is 1. The van der Waals surface area contributed by atoms with Crippen LogP contribution in [0.5, 0.6) is 0 Å². The van der Waals surface area contributed by atoms with E-state index < -0.39 is 0 Å². The number of hydrogen-bond donors (Lipinski definition) is 0. The zero-order valence-electron chi connectivity index (χ0n) is 10.9. The van der Waals surface area contributed by atoms with Gasteiger partial charge in [-0.05, 0) is 50.2 Å². The summed E-state index contributed by atoms with van der Waals surface area (Å²) >= 11 is 5.99. The van der Waals surface area contributed by atoms with Gasteiger partial charge in [-0.25, -0.2) is 4.98 Å². The van der Waals surface area contributed by atoms with Crippen LogP contribution in [0.4, 0.5) is 0 Å². The van der Waals surface area contributed by atoms with Crippen LogP contribution in [0.2, 0.25) is 5.02 Å². The summed E-state index contributed by atoms with van der Waals surface area (Å²) in [6.07, 6.45) is 0. The summed E-state index contributed by atoms with van der Waals surface area (Å²) in [4.78, 5) is 4.71. The first kappa shape index (κ1) is 12.2. The number of fused-ring (bicyclic) bond motifs is 1. The standard InChI is InChI=1S/C17H14ClN/c1-11-7-12(2)9-14(8-11)17-5-3-13-10-15(18)4-6-16(13)19-17/h3-10H,1-2H3. The summed E-state index contributed by atoms with van der Waals surface area (Å²) in [6.45, 7) is 4.22. The maximum Gasteiger partial charge on any atom is 0.0710 e. The van der Waals surface area contributed by atoms with Gasteiger partial charge in [0.2, 0.25) is 0 Å². The predicted octanol–water partition coefficient (Wildman–Crippen LogP) is 5.17. The smallest absolute Gasteiger partial charge is 0.0710 e. The van der Waals surface area contributed by atoms with Crippen molar-refractivity contribution in [3.63, 3.8) is 0 Å². The SMILES string of the molecule is Cc1cc(C)cc(-c2ccc3cc(Cl)ccc3n2)c1. The van der Waals surface area contributed by atoms with E-state index in [4.69, 9.17) is 16.6 Å². The van der Waals surface area contributed by atoms with Crippen LogP contribution in [0.15, 0.2) is 48.5 Å². The molecule has 0 aliphatic heterocycles. The van der Waals surface area contributed by atoms with Crippen molar-refractivity contribution in [3.8, 4) is 11.3 Å². The van der Waals surface area contributed by atoms with Gasteiger partial charge in [-0.2, -0.15) is 0 Å². The zero-order chi connectivity index (χ0) is 13.4. The Bertz CT molecular complexity index is 742. The number of rotatable bonds is 1. The first-order chi connectivity index (χ1) is 9.11. The van der Waals surface area contributed by atoms with Gasteiger partial charge in [-0.15, -0.1) is 0 Å². The van der Waals surface area contributed by atoms with E-state index in [2.05, 4.69) is 38.1 Å². The Kier molecular flexibility index (Phi) is 3.00. The van der Waals surface area contributed by atoms with Gasteiger partial charge in [0.1, 0.15) is 0 Å². The van der Waals surface area contributed by atoms with E-state index in [1.54, 1.807) is 0 Å². The van der Waals surface area contributed by atoms with Crippen LogP contribution < -0.4 is 0 Å². The Labute approximate surface area is 117 Å². The summed E-state index contributed by atoms with van der Waals surface area (Å²) in [5.74, 6) is 0. The van der Waals surface area contributed by atoms with Crippen molar-refractivity contribution in [2.45, 2.75) is 13.8 Å². The van der Waals surface area contributed by atoms with Gasteiger partial charge in [0, 0.05) is 16.0 Å². The molecule has 94 valence electrons. The molecule has 1 aromatic heterocycles. The number of halogens is 1. The molecule has 2 heteroatoms. The topological polar surface area (TPSA) is 12.9 Å². The molecule has 3 rings (SSSR count). The molecular formula is C17H14ClN. The number of nitrogens with zero attached hydrogens (tertiary/aromatic N) is 1. The average molecular weight is 268 g/mol. The molecule has 19 heavy (non-hydrogen) atoms. The van der Waals surface area contributed by atoms with E-state index in [0.29, 0.717) is 0 Å². The Morgan fingerprint density at radius 1 is 0.842 bits per heavy atom. The fourth-order valence-electron chi connectivity index (χ4n) is 2.38. The summed E-state index contributed by atoms with van der Waals surface area (Å²) in [6, 6.07) is 16.4. The zero-order valence-corrected chi connectivity index (χ0v) is 11.7. The van der Waals surface area contributed by atoms with Crippen LogP contribution in [0, 0.1) is 13.8 Å². The van der Waals surface area contributed by atoms with E-state index in [9.17, 15) is 0 Å². The molecule has 0 unspecified atom stereocenters. The van der Waals surface area contributed by atoms with Gasteiger partial charge >= 0.3 is 0 Å². The molecule has 0 radical (unpaired) electrons. The minimum atomic E-state index is 0.744. The summed E-state index contributed by atoms with van der Waals surface area (Å²) in [5.41, 5.74) is 5.65. The summed E-state index contributed by atoms with van der Waals surface area (Å²) in [5, 5.41) is 1.81. The fourth-order valence-corrected chi connectivity index (χ4v) is 2.56. The highest BCUT2D eigenvalue weighted by Crippen LogP contribution is 2.24. The lowest BCUT2D eigenvalue weighted by Crippen LogP contribution is -1.87. The van der Waals surface area contributed by atoms with Crippen LogP contribution >= 0.6 is 11.6 Å². The molecule has 0 aliphatic rings. The second-order valence-electron chi connectivity index (χ2n) is 4.91. The molecule has 1 nitrogen and oxygen atoms in total. The van der Waals surface area contributed by atoms with Gasteiger partial charge in [0.05, 0.1) is 11.2 Å². The lowest BCUT2D eigenvalue weighted by Gasteiger charge is -2.06. The van der Waals surface area contributed by atoms with Crippen molar-refractivity contribution in [1.29, 1.82) is 0 Å². The molecule has 0 fully saturated rings. The molecule has 0 saturated heterocycles. The first-order valence-electron chi connectivity index (χ1n) is 6.27. The van der Waals surface area contributed by atoms with Gasteiger partial charge < -0.3 is 0 Å². The van der Waals surface area contributed by atoms with Crippen LogP contribution in [0.1, 0.15) is 11.1 Å². The third-order valence-corrected chi connectivity index (χ3v) is 3.40. The van der Waals surface area contributed by atoms with Crippen molar-refractivity contribution in [2.24, 2.45) is 0 Å². The third-order valence-electron chi connectivity index (χ3n) is 3.17. The van der Waals surface area contributed by atoms with Gasteiger partial charge in [0.25, 0.3) is 0 Å². The number of benzene rings is 2. The fraction of sp³-hybridized carbons (Fsp3) is 0.118. The highest BCUT2D eigenvalue weighted by atomic mass is 35.5. The minimum absolute atomic E-state index is 0.744. The second kappa shape index (κ2) is 4.67. The van der Waals surface area contributed by atoms with E-state index in [1.165, 1.54) is 11.1 Å². The molecule has 0 bridgehead atoms. The highest BCUT2D eigenvalue weighted by molar-refractivity contribution is 6.31. The van der Waals surface area contributed by atoms with Crippen LogP contribution in [0.3, 0.4) is 0 Å². The normalized spacial score (nSPS) is 10.9. The van der Waals surface area contributed by atoms with E-state index in [0.717, 1.165) is 27.2 Å². The van der Waals surface area contributed by atoms with Crippen molar-refractivity contribution in [2.75, 3.05) is 0 Å². The van der Waals surface area contributed by atoms with Crippen LogP contribution in [-0.2, 0) is 0 Å². The average Bonchev–Trinajstić information content (AvgIpc) is 2.37. The third kappa shape index (κ3) is 2.47. The van der Waals surface area contributed by atoms with Crippen LogP contribution in [-0.4, -0.2) is 4.98 Å². The summed E-state index contributed by atoms with van der Waals surface area (Å²) < 4.78 is 0. The molecule has 0 aliphatic carbocycles. The van der Waals surface area contributed by atoms with Gasteiger partial charge in [0.15, 0.2) is 0 Å². The molecule has 3 aromatic rings. The molecule has 0 saturated carbocycles. The largest absolute Gasteiger partial charge is 0.248 e. The van der Waals surface area contributed by atoms with Gasteiger partial charge in [-0.3, -0.25) is 0 Å². The van der Waals surface area contributed by atoms with Crippen molar-refractivity contribution in [3.05, 3.63) is 64.7 Å². The monoisotopic (exact) mass is 267 g/mol. The molecular weight excluding hydrogens is 254 g/mol. The Balaban J connectivity index is 2.17. The highest BCUT2D eigenvalue weighted by Gasteiger charge is 2.03. The maximum atomic E-state index is 5.99. The Hall–Kier alpha value is -1.86. The van der Waals surface area contributed by atoms with E-state index >= 15 is 0 Å². The molecule has 0 amide bonds. The van der Waals surface area contributed by atoms with Crippen molar-refractivity contribution < 1.29 is 0 Å². The lowest BCUT2D eigenvalue weighted by atomic mass is 10.0. The molecule has 0 N–H and O–H groups in total. The molecule has 0 atom stereocenters. The minimum Gasteiger partial charge on any atom is -0.248 e. The first-order valence-corrected chi connectivity index (χ1v) is 6.64. The quantitative estimate of drug-likeness (QED) is 0.593. The van der Waals surface area contributed by atoms with E-state index in [1.807, 2.05) is 24.3 Å². The molecule has 1 heterocycles. The Morgan fingerprint density at radius 3 is 2.32 bits per heavy atom. The molecule has 2 aromatic carbocycles. The maximum absolute atomic E-state index is 5.99.